The van der Waals surface area contributed by atoms with Crippen molar-refractivity contribution in [1.82, 2.24) is 4.98 Å². The molecule has 124 valence electrons. The molecule has 0 unspecified atom stereocenters. The molecule has 1 aromatic carbocycles. The Morgan fingerprint density at radius 1 is 1.38 bits per heavy atom. The van der Waals surface area contributed by atoms with E-state index < -0.39 is 23.4 Å². The van der Waals surface area contributed by atoms with Crippen molar-refractivity contribution in [1.29, 1.82) is 0 Å². The van der Waals surface area contributed by atoms with Crippen LogP contribution < -0.4 is 5.32 Å². The first-order chi connectivity index (χ1) is 11.4. The second-order valence-corrected chi connectivity index (χ2v) is 5.08. The molecule has 0 atom stereocenters. The first-order valence-corrected chi connectivity index (χ1v) is 7.09. The summed E-state index contributed by atoms with van der Waals surface area (Å²) in [6.45, 7) is 0.990. The highest BCUT2D eigenvalue weighted by atomic mass is 35.5. The normalized spacial score (nSPS) is 10.1. The highest BCUT2D eigenvalue weighted by molar-refractivity contribution is 6.32. The lowest BCUT2D eigenvalue weighted by Crippen LogP contribution is -2.21. The first-order valence-electron chi connectivity index (χ1n) is 6.71. The molecule has 0 bridgehead atoms. The fraction of sp³-hybridized carbons (Fsp3) is 0.133. The number of aromatic nitrogens is 1. The van der Waals surface area contributed by atoms with Crippen molar-refractivity contribution in [2.45, 2.75) is 6.92 Å². The predicted molar refractivity (Wildman–Crippen MR) is 86.0 cm³/mol. The van der Waals surface area contributed by atoms with Crippen LogP contribution in [0.1, 0.15) is 15.9 Å². The molecule has 0 radical (unpaired) electrons. The third-order valence-electron chi connectivity index (χ3n) is 3.01. The predicted octanol–water partition coefficient (Wildman–Crippen LogP) is 2.75. The van der Waals surface area contributed by atoms with Crippen LogP contribution in [0.15, 0.2) is 36.5 Å². The smallest absolute Gasteiger partial charge is 0.338 e. The van der Waals surface area contributed by atoms with E-state index in [0.29, 0.717) is 5.56 Å². The third-order valence-corrected chi connectivity index (χ3v) is 3.31. The van der Waals surface area contributed by atoms with Gasteiger partial charge in [0, 0.05) is 17.8 Å². The Kier molecular flexibility index (Phi) is 5.43. The number of carbonyl (C=O) groups excluding carboxylic acids is 2. The van der Waals surface area contributed by atoms with Gasteiger partial charge in [0.15, 0.2) is 11.8 Å². The maximum Gasteiger partial charge on any atom is 0.338 e. The van der Waals surface area contributed by atoms with Crippen molar-refractivity contribution in [3.63, 3.8) is 0 Å². The van der Waals surface area contributed by atoms with Gasteiger partial charge in [-0.2, -0.15) is 0 Å². The van der Waals surface area contributed by atoms with Gasteiger partial charge in [0.1, 0.15) is 0 Å². The highest BCUT2D eigenvalue weighted by Crippen LogP contribution is 2.20. The Morgan fingerprint density at radius 2 is 2.12 bits per heavy atom. The van der Waals surface area contributed by atoms with E-state index in [2.05, 4.69) is 10.3 Å². The number of nitrogens with zero attached hydrogens (tertiary/aromatic N) is 2. The number of nitrogens with one attached hydrogen (secondary N) is 1. The Bertz CT molecular complexity index is 809. The summed E-state index contributed by atoms with van der Waals surface area (Å²) in [5, 5.41) is 13.4. The summed E-state index contributed by atoms with van der Waals surface area (Å²) >= 11 is 5.79. The Morgan fingerprint density at radius 3 is 2.79 bits per heavy atom. The van der Waals surface area contributed by atoms with Crippen LogP contribution >= 0.6 is 11.6 Å². The molecule has 0 saturated heterocycles. The van der Waals surface area contributed by atoms with Crippen LogP contribution in [0, 0.1) is 17.0 Å². The maximum absolute atomic E-state index is 11.9. The number of pyridine rings is 1. The molecule has 1 aromatic heterocycles. The zero-order valence-corrected chi connectivity index (χ0v) is 13.2. The lowest BCUT2D eigenvalue weighted by atomic mass is 10.1. The van der Waals surface area contributed by atoms with E-state index in [4.69, 9.17) is 16.3 Å². The van der Waals surface area contributed by atoms with Crippen molar-refractivity contribution in [2.24, 2.45) is 0 Å². The van der Waals surface area contributed by atoms with Gasteiger partial charge in [0.05, 0.1) is 16.2 Å². The molecular weight excluding hydrogens is 338 g/mol. The van der Waals surface area contributed by atoms with Crippen molar-refractivity contribution in [2.75, 3.05) is 11.9 Å². The van der Waals surface area contributed by atoms with Crippen molar-refractivity contribution < 1.29 is 19.2 Å². The number of benzene rings is 1. The van der Waals surface area contributed by atoms with Gasteiger partial charge in [-0.15, -0.1) is 0 Å². The van der Waals surface area contributed by atoms with Gasteiger partial charge >= 0.3 is 5.97 Å². The largest absolute Gasteiger partial charge is 0.452 e. The van der Waals surface area contributed by atoms with E-state index in [1.807, 2.05) is 0 Å². The number of amides is 1. The van der Waals surface area contributed by atoms with Gasteiger partial charge in [-0.3, -0.25) is 14.9 Å². The molecule has 2 aromatic rings. The molecule has 8 nitrogen and oxygen atoms in total. The van der Waals surface area contributed by atoms with Crippen LogP contribution in [0.2, 0.25) is 5.15 Å². The number of nitro benzene ring substituents is 1. The quantitative estimate of drug-likeness (QED) is 0.384. The zero-order chi connectivity index (χ0) is 17.7. The maximum atomic E-state index is 11.9. The number of hydrogen-bond acceptors (Lipinski definition) is 6. The molecule has 0 aliphatic heterocycles. The third kappa shape index (κ3) is 4.26. The molecule has 0 aliphatic carbocycles. The van der Waals surface area contributed by atoms with Crippen molar-refractivity contribution in [3.8, 4) is 0 Å². The minimum absolute atomic E-state index is 0.0143. The summed E-state index contributed by atoms with van der Waals surface area (Å²) in [4.78, 5) is 37.7. The summed E-state index contributed by atoms with van der Waals surface area (Å²) in [5.74, 6) is -1.45. The number of carbonyl (C=O) groups is 2. The van der Waals surface area contributed by atoms with E-state index in [-0.39, 0.29) is 22.1 Å². The molecule has 0 saturated carbocycles. The molecule has 0 spiro atoms. The van der Waals surface area contributed by atoms with E-state index in [9.17, 15) is 19.7 Å². The van der Waals surface area contributed by atoms with Gasteiger partial charge < -0.3 is 10.1 Å². The molecule has 0 aliphatic rings. The number of ether oxygens (including phenoxy) is 1. The molecule has 1 heterocycles. The number of esters is 1. The van der Waals surface area contributed by atoms with Gasteiger partial charge in [0.2, 0.25) is 0 Å². The number of anilines is 1. The van der Waals surface area contributed by atoms with Crippen molar-refractivity contribution in [3.05, 3.63) is 62.9 Å². The van der Waals surface area contributed by atoms with Gasteiger partial charge in [0.25, 0.3) is 11.6 Å². The number of nitro groups is 1. The van der Waals surface area contributed by atoms with Gasteiger partial charge in [-0.25, -0.2) is 9.78 Å². The first kappa shape index (κ1) is 17.4. The topological polar surface area (TPSA) is 111 Å². The molecule has 2 rings (SSSR count). The number of halogens is 1. The van der Waals surface area contributed by atoms with Gasteiger partial charge in [-0.1, -0.05) is 17.7 Å². The monoisotopic (exact) mass is 349 g/mol. The van der Waals surface area contributed by atoms with E-state index in [1.54, 1.807) is 19.1 Å². The number of aryl methyl sites for hydroxylation is 1. The molecular formula is C15H12ClN3O5. The fourth-order valence-electron chi connectivity index (χ4n) is 1.81. The second-order valence-electron chi connectivity index (χ2n) is 4.72. The number of rotatable bonds is 5. The molecule has 1 amide bonds. The fourth-order valence-corrected chi connectivity index (χ4v) is 1.98. The molecule has 9 heteroatoms. The van der Waals surface area contributed by atoms with Crippen LogP contribution in [0.4, 0.5) is 11.4 Å². The summed E-state index contributed by atoms with van der Waals surface area (Å²) in [5.41, 5.74) is 0.488. The standard InChI is InChI=1S/C15H12ClN3O5/c1-9-4-5-10(7-12(9)19(22)23)15(21)24-8-13(20)18-11-3-2-6-17-14(11)16/h2-7H,8H2,1H3,(H,18,20). The summed E-state index contributed by atoms with van der Waals surface area (Å²) in [6.07, 6.45) is 1.46. The summed E-state index contributed by atoms with van der Waals surface area (Å²) in [7, 11) is 0. The SMILES string of the molecule is Cc1ccc(C(=O)OCC(=O)Nc2cccnc2Cl)cc1[N+](=O)[O-]. The molecule has 24 heavy (non-hydrogen) atoms. The van der Waals surface area contributed by atoms with E-state index in [1.165, 1.54) is 18.3 Å². The Balaban J connectivity index is 1.98. The van der Waals surface area contributed by atoms with Crippen LogP contribution in [0.3, 0.4) is 0 Å². The van der Waals surface area contributed by atoms with Crippen LogP contribution in [0.5, 0.6) is 0 Å². The van der Waals surface area contributed by atoms with Crippen LogP contribution in [0.25, 0.3) is 0 Å². The zero-order valence-electron chi connectivity index (χ0n) is 12.5. The summed E-state index contributed by atoms with van der Waals surface area (Å²) in [6, 6.07) is 7.05. The van der Waals surface area contributed by atoms with E-state index >= 15 is 0 Å². The lowest BCUT2D eigenvalue weighted by Gasteiger charge is -2.07. The lowest BCUT2D eigenvalue weighted by molar-refractivity contribution is -0.385. The average molecular weight is 350 g/mol. The van der Waals surface area contributed by atoms with Crippen LogP contribution in [-0.2, 0) is 9.53 Å². The second kappa shape index (κ2) is 7.51. The van der Waals surface area contributed by atoms with Gasteiger partial charge in [-0.05, 0) is 25.1 Å². The van der Waals surface area contributed by atoms with E-state index in [0.717, 1.165) is 6.07 Å². The minimum atomic E-state index is -0.842. The minimum Gasteiger partial charge on any atom is -0.452 e. The average Bonchev–Trinajstić information content (AvgIpc) is 2.55. The highest BCUT2D eigenvalue weighted by Gasteiger charge is 2.17. The molecule has 0 fully saturated rings. The Labute approximate surface area is 141 Å². The van der Waals surface area contributed by atoms with Crippen LogP contribution in [-0.4, -0.2) is 28.4 Å². The summed E-state index contributed by atoms with van der Waals surface area (Å²) < 4.78 is 4.84. The Hall–Kier alpha value is -3.00. The molecule has 1 N–H and O–H groups in total. The van der Waals surface area contributed by atoms with Crippen molar-refractivity contribution >= 4 is 34.9 Å². The number of hydrogen-bond donors (Lipinski definition) is 1.